The number of hydrogen-bond acceptors (Lipinski definition) is 4. The summed E-state index contributed by atoms with van der Waals surface area (Å²) in [4.78, 5) is 26.7. The molecule has 3 aromatic carbocycles. The van der Waals surface area contributed by atoms with Crippen molar-refractivity contribution in [1.29, 1.82) is 0 Å². The van der Waals surface area contributed by atoms with Gasteiger partial charge in [0.2, 0.25) is 5.60 Å². The van der Waals surface area contributed by atoms with Crippen molar-refractivity contribution in [3.63, 3.8) is 0 Å². The van der Waals surface area contributed by atoms with E-state index >= 15 is 0 Å². The number of ether oxygens (including phenoxy) is 1. The van der Waals surface area contributed by atoms with E-state index in [2.05, 4.69) is 5.32 Å². The maximum Gasteiger partial charge on any atom is 0.268 e. The Labute approximate surface area is 181 Å². The van der Waals surface area contributed by atoms with Crippen LogP contribution in [0, 0.1) is 0 Å². The van der Waals surface area contributed by atoms with E-state index in [1.54, 1.807) is 12.1 Å². The third-order valence-corrected chi connectivity index (χ3v) is 5.34. The van der Waals surface area contributed by atoms with Gasteiger partial charge in [0, 0.05) is 25.2 Å². The normalized spacial score (nSPS) is 18.1. The summed E-state index contributed by atoms with van der Waals surface area (Å²) >= 11 is 0. The van der Waals surface area contributed by atoms with Gasteiger partial charge in [-0.25, -0.2) is 0 Å². The average molecular weight is 416 g/mol. The van der Waals surface area contributed by atoms with E-state index in [9.17, 15) is 14.7 Å². The summed E-state index contributed by atoms with van der Waals surface area (Å²) in [7, 11) is 0. The van der Waals surface area contributed by atoms with E-state index < -0.39 is 17.4 Å². The monoisotopic (exact) mass is 416 g/mol. The summed E-state index contributed by atoms with van der Waals surface area (Å²) < 4.78 is 5.77. The first-order valence-corrected chi connectivity index (χ1v) is 10.3. The molecule has 1 aliphatic heterocycles. The van der Waals surface area contributed by atoms with Crippen LogP contribution >= 0.6 is 0 Å². The highest BCUT2D eigenvalue weighted by atomic mass is 16.5. The van der Waals surface area contributed by atoms with Gasteiger partial charge in [0.15, 0.2) is 0 Å². The molecule has 1 fully saturated rings. The summed E-state index contributed by atoms with van der Waals surface area (Å²) in [6.07, 6.45) is 0.641. The first-order valence-electron chi connectivity index (χ1n) is 10.3. The largest absolute Gasteiger partial charge is 0.457 e. The highest BCUT2D eigenvalue weighted by molar-refractivity contribution is 6.16. The number of nitrogens with one attached hydrogen (secondary N) is 1. The lowest BCUT2D eigenvalue weighted by molar-refractivity contribution is -0.149. The van der Waals surface area contributed by atoms with Gasteiger partial charge in [-0.3, -0.25) is 9.59 Å². The molecule has 3 aromatic rings. The Hall–Kier alpha value is -3.64. The summed E-state index contributed by atoms with van der Waals surface area (Å²) in [6, 6.07) is 26.2. The van der Waals surface area contributed by atoms with Crippen LogP contribution in [0.1, 0.15) is 12.0 Å². The molecular formula is C25H24N2O4. The number of anilines is 1. The molecule has 2 amide bonds. The van der Waals surface area contributed by atoms with Crippen LogP contribution in [0.5, 0.6) is 11.5 Å². The first kappa shape index (κ1) is 20.6. The standard InChI is InChI=1S/C25H24N2O4/c28-23(25(30)16-18-27(24(25)29)20-7-3-1-4-8-20)26-17-15-19-11-13-22(14-12-19)31-21-9-5-2-6-10-21/h1-14,30H,15-18H2,(H,26,28)/t25-/m0/s1. The molecule has 4 rings (SSSR count). The molecule has 0 aliphatic carbocycles. The van der Waals surface area contributed by atoms with Crippen molar-refractivity contribution in [2.75, 3.05) is 18.0 Å². The second-order valence-corrected chi connectivity index (χ2v) is 7.47. The van der Waals surface area contributed by atoms with Crippen LogP contribution in [0.25, 0.3) is 0 Å². The van der Waals surface area contributed by atoms with Gasteiger partial charge in [-0.15, -0.1) is 0 Å². The predicted octanol–water partition coefficient (Wildman–Crippen LogP) is 3.31. The molecule has 1 aliphatic rings. The smallest absolute Gasteiger partial charge is 0.268 e. The van der Waals surface area contributed by atoms with Crippen molar-refractivity contribution in [2.45, 2.75) is 18.4 Å². The molecule has 0 radical (unpaired) electrons. The summed E-state index contributed by atoms with van der Waals surface area (Å²) in [5.41, 5.74) is -0.339. The number of amides is 2. The van der Waals surface area contributed by atoms with E-state index in [1.165, 1.54) is 4.90 Å². The Morgan fingerprint density at radius 2 is 1.55 bits per heavy atom. The zero-order valence-electron chi connectivity index (χ0n) is 17.0. The Morgan fingerprint density at radius 1 is 0.935 bits per heavy atom. The lowest BCUT2D eigenvalue weighted by atomic mass is 10.0. The van der Waals surface area contributed by atoms with E-state index in [0.29, 0.717) is 25.2 Å². The van der Waals surface area contributed by atoms with Gasteiger partial charge >= 0.3 is 0 Å². The number of rotatable bonds is 7. The van der Waals surface area contributed by atoms with Crippen LogP contribution in [0.2, 0.25) is 0 Å². The highest BCUT2D eigenvalue weighted by Gasteiger charge is 2.51. The molecule has 0 saturated carbocycles. The third-order valence-electron chi connectivity index (χ3n) is 5.34. The van der Waals surface area contributed by atoms with E-state index in [1.807, 2.05) is 72.8 Å². The zero-order chi connectivity index (χ0) is 21.7. The molecule has 0 bridgehead atoms. The molecule has 0 unspecified atom stereocenters. The number of nitrogens with zero attached hydrogens (tertiary/aromatic N) is 1. The molecular weight excluding hydrogens is 392 g/mol. The Bertz CT molecular complexity index is 1040. The van der Waals surface area contributed by atoms with Gasteiger partial charge < -0.3 is 20.1 Å². The lowest BCUT2D eigenvalue weighted by Gasteiger charge is -2.21. The van der Waals surface area contributed by atoms with Crippen LogP contribution in [-0.2, 0) is 16.0 Å². The zero-order valence-corrected chi connectivity index (χ0v) is 17.0. The van der Waals surface area contributed by atoms with Gasteiger partial charge in [-0.2, -0.15) is 0 Å². The fourth-order valence-corrected chi connectivity index (χ4v) is 3.59. The number of aliphatic hydroxyl groups is 1. The average Bonchev–Trinajstić information content (AvgIpc) is 3.12. The van der Waals surface area contributed by atoms with E-state index in [4.69, 9.17) is 4.74 Å². The Kier molecular flexibility index (Phi) is 6.00. The molecule has 6 heteroatoms. The van der Waals surface area contributed by atoms with Crippen molar-refractivity contribution < 1.29 is 19.4 Å². The molecule has 0 spiro atoms. The van der Waals surface area contributed by atoms with Gasteiger partial charge in [-0.05, 0) is 48.4 Å². The predicted molar refractivity (Wildman–Crippen MR) is 118 cm³/mol. The summed E-state index contributed by atoms with van der Waals surface area (Å²) in [6.45, 7) is 0.619. The fourth-order valence-electron chi connectivity index (χ4n) is 3.59. The second kappa shape index (κ2) is 9.02. The molecule has 1 saturated heterocycles. The van der Waals surface area contributed by atoms with Crippen LogP contribution in [0.3, 0.4) is 0 Å². The van der Waals surface area contributed by atoms with Crippen molar-refractivity contribution in [3.8, 4) is 11.5 Å². The van der Waals surface area contributed by atoms with Gasteiger partial charge in [-0.1, -0.05) is 48.5 Å². The van der Waals surface area contributed by atoms with E-state index in [-0.39, 0.29) is 6.42 Å². The number of carbonyl (C=O) groups excluding carboxylic acids is 2. The lowest BCUT2D eigenvalue weighted by Crippen LogP contribution is -2.52. The van der Waals surface area contributed by atoms with Crippen LogP contribution in [-0.4, -0.2) is 35.6 Å². The quantitative estimate of drug-likeness (QED) is 0.580. The minimum atomic E-state index is -2.02. The topological polar surface area (TPSA) is 78.9 Å². The molecule has 158 valence electrons. The van der Waals surface area contributed by atoms with Crippen molar-refractivity contribution in [1.82, 2.24) is 5.32 Å². The van der Waals surface area contributed by atoms with Crippen molar-refractivity contribution in [3.05, 3.63) is 90.5 Å². The highest BCUT2D eigenvalue weighted by Crippen LogP contribution is 2.28. The number of hydrogen-bond donors (Lipinski definition) is 2. The molecule has 1 atom stereocenters. The SMILES string of the molecule is O=C(NCCc1ccc(Oc2ccccc2)cc1)[C@@]1(O)CCN(c2ccccc2)C1=O. The van der Waals surface area contributed by atoms with E-state index in [0.717, 1.165) is 17.1 Å². The first-order chi connectivity index (χ1) is 15.1. The fraction of sp³-hybridized carbons (Fsp3) is 0.200. The summed E-state index contributed by atoms with van der Waals surface area (Å²) in [5.74, 6) is 0.256. The molecule has 2 N–H and O–H groups in total. The molecule has 1 heterocycles. The summed E-state index contributed by atoms with van der Waals surface area (Å²) in [5, 5.41) is 13.4. The minimum Gasteiger partial charge on any atom is -0.457 e. The maximum absolute atomic E-state index is 12.7. The van der Waals surface area contributed by atoms with Gasteiger partial charge in [0.05, 0.1) is 0 Å². The second-order valence-electron chi connectivity index (χ2n) is 7.47. The number of para-hydroxylation sites is 2. The minimum absolute atomic E-state index is 0.0675. The Morgan fingerprint density at radius 3 is 2.23 bits per heavy atom. The molecule has 6 nitrogen and oxygen atoms in total. The van der Waals surface area contributed by atoms with Crippen LogP contribution in [0.15, 0.2) is 84.9 Å². The number of benzene rings is 3. The Balaban J connectivity index is 1.29. The molecule has 0 aromatic heterocycles. The van der Waals surface area contributed by atoms with Crippen molar-refractivity contribution in [2.24, 2.45) is 0 Å². The van der Waals surface area contributed by atoms with Crippen LogP contribution in [0.4, 0.5) is 5.69 Å². The molecule has 31 heavy (non-hydrogen) atoms. The van der Waals surface area contributed by atoms with Gasteiger partial charge in [0.1, 0.15) is 11.5 Å². The van der Waals surface area contributed by atoms with Crippen LogP contribution < -0.4 is 15.0 Å². The number of carbonyl (C=O) groups is 2. The van der Waals surface area contributed by atoms with Crippen molar-refractivity contribution >= 4 is 17.5 Å². The third kappa shape index (κ3) is 4.59. The maximum atomic E-state index is 12.7. The van der Waals surface area contributed by atoms with Gasteiger partial charge in [0.25, 0.3) is 11.8 Å².